The largest absolute Gasteiger partial charge is 0.495 e. The minimum atomic E-state index is -0.312. The van der Waals surface area contributed by atoms with Crippen molar-refractivity contribution in [2.75, 3.05) is 49.1 Å². The molecule has 2 unspecified atom stereocenters. The Hall–Kier alpha value is -3.28. The van der Waals surface area contributed by atoms with Gasteiger partial charge in [0.15, 0.2) is 0 Å². The molecule has 3 aliphatic rings. The molecule has 1 saturated heterocycles. The number of methoxy groups -OCH3 is 2. The van der Waals surface area contributed by atoms with Gasteiger partial charge in [0.05, 0.1) is 51.7 Å². The number of aromatic nitrogens is 2. The van der Waals surface area contributed by atoms with E-state index in [1.54, 1.807) is 17.2 Å². The number of hydrogen-bond donors (Lipinski definition) is 2. The van der Waals surface area contributed by atoms with Crippen LogP contribution >= 0.6 is 23.2 Å². The number of nitrogens with one attached hydrogen (secondary N) is 2. The Labute approximate surface area is 230 Å². The van der Waals surface area contributed by atoms with Gasteiger partial charge >= 0.3 is 6.03 Å². The zero-order valence-electron chi connectivity index (χ0n) is 21.0. The summed E-state index contributed by atoms with van der Waals surface area (Å²) < 4.78 is 16.3. The number of nitrogens with zero attached hydrogens (tertiary/aromatic N) is 4. The van der Waals surface area contributed by atoms with Crippen molar-refractivity contribution in [3.05, 3.63) is 40.5 Å². The van der Waals surface area contributed by atoms with Crippen LogP contribution in [0.5, 0.6) is 11.5 Å². The zero-order valence-corrected chi connectivity index (χ0v) is 22.5. The van der Waals surface area contributed by atoms with E-state index in [0.29, 0.717) is 54.6 Å². The molecule has 2 aliphatic heterocycles. The smallest absolute Gasteiger partial charge is 0.330 e. The SMILES string of the molecule is C=CC(=O)NC1COCC1Nc1ncc2c(n1)N(CC1CC1)C(=O)N(c1c(Cl)c(OC)cc(OC)c1Cl)C2. The molecule has 0 radical (unpaired) electrons. The summed E-state index contributed by atoms with van der Waals surface area (Å²) in [6.45, 7) is 4.87. The number of urea groups is 1. The van der Waals surface area contributed by atoms with Crippen molar-refractivity contribution in [2.45, 2.75) is 31.5 Å². The minimum absolute atomic E-state index is 0.149. The molecule has 1 saturated carbocycles. The summed E-state index contributed by atoms with van der Waals surface area (Å²) in [5, 5.41) is 6.50. The number of carbonyl (C=O) groups is 2. The first-order valence-electron chi connectivity index (χ1n) is 12.2. The van der Waals surface area contributed by atoms with Gasteiger partial charge in [-0.25, -0.2) is 9.78 Å². The summed E-state index contributed by atoms with van der Waals surface area (Å²) in [4.78, 5) is 38.1. The second-order valence-corrected chi connectivity index (χ2v) is 10.1. The molecular weight excluding hydrogens is 535 g/mol. The standard InChI is InChI=1S/C25H28Cl2N6O5/c1-4-19(34)29-15-11-38-12-16(15)30-24-28-8-14-10-32(25(35)33(23(14)31-24)9-13-5-6-13)22-20(26)17(36-2)7-18(37-3)21(22)27/h4,7-8,13,15-16H,1,5-6,9-12H2,2-3H3,(H,29,34)(H,28,30,31). The van der Waals surface area contributed by atoms with Crippen LogP contribution in [0.4, 0.5) is 22.2 Å². The third-order valence-corrected chi connectivity index (χ3v) is 7.48. The molecule has 3 heterocycles. The monoisotopic (exact) mass is 562 g/mol. The highest BCUT2D eigenvalue weighted by Crippen LogP contribution is 2.48. The Balaban J connectivity index is 1.48. The van der Waals surface area contributed by atoms with E-state index < -0.39 is 0 Å². The molecule has 0 spiro atoms. The first-order chi connectivity index (χ1) is 18.3. The van der Waals surface area contributed by atoms with Crippen LogP contribution in [0.15, 0.2) is 24.9 Å². The van der Waals surface area contributed by atoms with Gasteiger partial charge in [0.1, 0.15) is 27.4 Å². The van der Waals surface area contributed by atoms with E-state index in [-0.39, 0.29) is 40.6 Å². The summed E-state index contributed by atoms with van der Waals surface area (Å²) >= 11 is 13.3. The van der Waals surface area contributed by atoms with E-state index in [2.05, 4.69) is 22.2 Å². The van der Waals surface area contributed by atoms with Crippen LogP contribution in [0.1, 0.15) is 18.4 Å². The fourth-order valence-electron chi connectivity index (χ4n) is 4.54. The number of ether oxygens (including phenoxy) is 3. The Bertz CT molecular complexity index is 1250. The van der Waals surface area contributed by atoms with Gasteiger partial charge in [-0.2, -0.15) is 4.98 Å². The maximum absolute atomic E-state index is 13.9. The predicted octanol–water partition coefficient (Wildman–Crippen LogP) is 3.64. The van der Waals surface area contributed by atoms with Gasteiger partial charge in [0, 0.05) is 24.4 Å². The fraction of sp³-hybridized carbons (Fsp3) is 0.440. The molecule has 1 aromatic heterocycles. The number of hydrogen-bond acceptors (Lipinski definition) is 8. The normalized spacial score (nSPS) is 20.7. The third-order valence-electron chi connectivity index (χ3n) is 6.75. The Morgan fingerprint density at radius 1 is 1.21 bits per heavy atom. The molecule has 202 valence electrons. The number of anilines is 3. The van der Waals surface area contributed by atoms with Gasteiger partial charge in [-0.3, -0.25) is 14.6 Å². The molecule has 2 aromatic rings. The maximum atomic E-state index is 13.9. The topological polar surface area (TPSA) is 118 Å². The van der Waals surface area contributed by atoms with E-state index in [0.717, 1.165) is 18.4 Å². The number of rotatable bonds is 9. The van der Waals surface area contributed by atoms with Crippen LogP contribution in [0.3, 0.4) is 0 Å². The quantitative estimate of drug-likeness (QED) is 0.445. The molecule has 2 fully saturated rings. The van der Waals surface area contributed by atoms with Crippen molar-refractivity contribution >= 4 is 52.6 Å². The van der Waals surface area contributed by atoms with Gasteiger partial charge in [0.25, 0.3) is 0 Å². The number of fused-ring (bicyclic) bond motifs is 1. The third kappa shape index (κ3) is 5.05. The van der Waals surface area contributed by atoms with Crippen LogP contribution in [0.25, 0.3) is 0 Å². The highest BCUT2D eigenvalue weighted by Gasteiger charge is 2.39. The highest BCUT2D eigenvalue weighted by atomic mass is 35.5. The molecular formula is C25H28Cl2N6O5. The van der Waals surface area contributed by atoms with E-state index >= 15 is 0 Å². The summed E-state index contributed by atoms with van der Waals surface area (Å²) in [5.74, 6) is 1.62. The van der Waals surface area contributed by atoms with Crippen molar-refractivity contribution in [3.63, 3.8) is 0 Å². The molecule has 1 aliphatic carbocycles. The van der Waals surface area contributed by atoms with Crippen LogP contribution < -0.4 is 29.9 Å². The summed E-state index contributed by atoms with van der Waals surface area (Å²) in [6, 6.07) is 0.754. The van der Waals surface area contributed by atoms with Gasteiger partial charge in [0.2, 0.25) is 11.9 Å². The lowest BCUT2D eigenvalue weighted by Gasteiger charge is -2.37. The first-order valence-corrected chi connectivity index (χ1v) is 12.9. The maximum Gasteiger partial charge on any atom is 0.330 e. The second kappa shape index (κ2) is 10.8. The lowest BCUT2D eigenvalue weighted by molar-refractivity contribution is -0.117. The Morgan fingerprint density at radius 2 is 1.89 bits per heavy atom. The number of amides is 3. The van der Waals surface area contributed by atoms with Gasteiger partial charge in [-0.05, 0) is 24.8 Å². The predicted molar refractivity (Wildman–Crippen MR) is 144 cm³/mol. The lowest BCUT2D eigenvalue weighted by atomic mass is 10.1. The van der Waals surface area contributed by atoms with E-state index in [4.69, 9.17) is 42.4 Å². The number of benzene rings is 1. The van der Waals surface area contributed by atoms with Gasteiger partial charge in [-0.15, -0.1) is 0 Å². The van der Waals surface area contributed by atoms with Crippen molar-refractivity contribution in [1.29, 1.82) is 0 Å². The van der Waals surface area contributed by atoms with Crippen molar-refractivity contribution in [3.8, 4) is 11.5 Å². The van der Waals surface area contributed by atoms with Gasteiger partial charge in [-0.1, -0.05) is 29.8 Å². The molecule has 2 atom stereocenters. The summed E-state index contributed by atoms with van der Waals surface area (Å²) in [7, 11) is 2.96. The van der Waals surface area contributed by atoms with E-state index in [9.17, 15) is 9.59 Å². The van der Waals surface area contributed by atoms with Crippen LogP contribution in [-0.2, 0) is 16.1 Å². The molecule has 13 heteroatoms. The summed E-state index contributed by atoms with van der Waals surface area (Å²) in [6.07, 6.45) is 4.96. The molecule has 1 aromatic carbocycles. The van der Waals surface area contributed by atoms with E-state index in [1.165, 1.54) is 25.2 Å². The summed E-state index contributed by atoms with van der Waals surface area (Å²) in [5.41, 5.74) is 1.02. The van der Waals surface area contributed by atoms with Crippen LogP contribution in [0, 0.1) is 5.92 Å². The molecule has 3 amide bonds. The van der Waals surface area contributed by atoms with Gasteiger partial charge < -0.3 is 24.8 Å². The number of carbonyl (C=O) groups excluding carboxylic acids is 2. The second-order valence-electron chi connectivity index (χ2n) is 9.33. The van der Waals surface area contributed by atoms with Crippen molar-refractivity contribution in [1.82, 2.24) is 15.3 Å². The zero-order chi connectivity index (χ0) is 27.0. The average Bonchev–Trinajstić information content (AvgIpc) is 3.64. The highest BCUT2D eigenvalue weighted by molar-refractivity contribution is 6.42. The van der Waals surface area contributed by atoms with E-state index in [1.807, 2.05) is 0 Å². The molecule has 2 N–H and O–H groups in total. The van der Waals surface area contributed by atoms with Crippen molar-refractivity contribution in [2.24, 2.45) is 5.92 Å². The van der Waals surface area contributed by atoms with Crippen LogP contribution in [0.2, 0.25) is 10.0 Å². The first kappa shape index (κ1) is 26.3. The molecule has 38 heavy (non-hydrogen) atoms. The Kier molecular flexibility index (Phi) is 7.51. The minimum Gasteiger partial charge on any atom is -0.495 e. The molecule has 11 nitrogen and oxygen atoms in total. The van der Waals surface area contributed by atoms with Crippen molar-refractivity contribution < 1.29 is 23.8 Å². The lowest BCUT2D eigenvalue weighted by Crippen LogP contribution is -2.49. The molecule has 5 rings (SSSR count). The molecule has 0 bridgehead atoms. The Morgan fingerprint density at radius 3 is 2.53 bits per heavy atom. The fourth-order valence-corrected chi connectivity index (χ4v) is 5.25. The van der Waals surface area contributed by atoms with Crippen LogP contribution in [-0.4, -0.2) is 68.0 Å². The average molecular weight is 563 g/mol. The number of halogens is 2.